The molecule has 1 heterocycles. The van der Waals surface area contributed by atoms with Gasteiger partial charge in [-0.1, -0.05) is 56.1 Å². The zero-order chi connectivity index (χ0) is 23.5. The van der Waals surface area contributed by atoms with Crippen molar-refractivity contribution in [1.82, 2.24) is 0 Å². The van der Waals surface area contributed by atoms with Crippen LogP contribution in [0.3, 0.4) is 0 Å². The van der Waals surface area contributed by atoms with Gasteiger partial charge in [0, 0.05) is 28.7 Å². The first kappa shape index (κ1) is 24.4. The Kier molecular flexibility index (Phi) is 7.73. The Morgan fingerprint density at radius 1 is 1.12 bits per heavy atom. The summed E-state index contributed by atoms with van der Waals surface area (Å²) in [6, 6.07) is 10.9. The summed E-state index contributed by atoms with van der Waals surface area (Å²) in [7, 11) is 0. The number of esters is 1. The summed E-state index contributed by atoms with van der Waals surface area (Å²) in [6.45, 7) is 6.41. The average Bonchev–Trinajstić information content (AvgIpc) is 2.71. The zero-order valence-electron chi connectivity index (χ0n) is 18.6. The molecule has 5 nitrogen and oxygen atoms in total. The lowest BCUT2D eigenvalue weighted by atomic mass is 9.77. The van der Waals surface area contributed by atoms with Gasteiger partial charge in [0.15, 0.2) is 11.8 Å². The minimum atomic E-state index is -1.02. The molecule has 0 radical (unpaired) electrons. The molecule has 0 aromatic heterocycles. The number of Topliss-reactive ketones (excluding diaryl/α,β-unsaturated/α-hetero) is 1. The number of ketones is 1. The van der Waals surface area contributed by atoms with E-state index in [2.05, 4.69) is 0 Å². The highest BCUT2D eigenvalue weighted by Gasteiger charge is 2.50. The number of rotatable bonds is 8. The van der Waals surface area contributed by atoms with Crippen LogP contribution in [0.5, 0.6) is 5.75 Å². The van der Waals surface area contributed by atoms with Crippen LogP contribution in [0.15, 0.2) is 42.5 Å². The summed E-state index contributed by atoms with van der Waals surface area (Å²) in [6.07, 6.45) is 2.04. The van der Waals surface area contributed by atoms with Gasteiger partial charge in [0.2, 0.25) is 0 Å². The number of anilines is 1. The first-order chi connectivity index (χ1) is 15.1. The number of aryl methyl sites for hydroxylation is 1. The molecule has 0 saturated carbocycles. The SMILES string of the molecule is CCCN(c1cc(Cl)cc(Cl)c1)C1C(=O)CC(CCc2ccc(O)cc2)(C(C)C)OC1=O. The van der Waals surface area contributed by atoms with Crippen LogP contribution in [0, 0.1) is 5.92 Å². The Labute approximate surface area is 199 Å². The maximum absolute atomic E-state index is 13.4. The fourth-order valence-electron chi connectivity index (χ4n) is 4.24. The Balaban J connectivity index is 1.85. The fourth-order valence-corrected chi connectivity index (χ4v) is 4.75. The van der Waals surface area contributed by atoms with Crippen LogP contribution in [0.2, 0.25) is 10.0 Å². The summed E-state index contributed by atoms with van der Waals surface area (Å²) >= 11 is 12.3. The zero-order valence-corrected chi connectivity index (χ0v) is 20.1. The first-order valence-corrected chi connectivity index (χ1v) is 11.7. The van der Waals surface area contributed by atoms with Crippen molar-refractivity contribution in [2.24, 2.45) is 5.92 Å². The van der Waals surface area contributed by atoms with Gasteiger partial charge in [-0.15, -0.1) is 0 Å². The minimum Gasteiger partial charge on any atom is -0.508 e. The van der Waals surface area contributed by atoms with E-state index in [-0.39, 0.29) is 23.9 Å². The van der Waals surface area contributed by atoms with Crippen LogP contribution in [0.4, 0.5) is 5.69 Å². The summed E-state index contributed by atoms with van der Waals surface area (Å²) < 4.78 is 6.06. The lowest BCUT2D eigenvalue weighted by Crippen LogP contribution is -2.59. The molecule has 2 unspecified atom stereocenters. The van der Waals surface area contributed by atoms with E-state index in [1.807, 2.05) is 32.9 Å². The van der Waals surface area contributed by atoms with Gasteiger partial charge in [0.1, 0.15) is 11.4 Å². The van der Waals surface area contributed by atoms with Crippen LogP contribution in [-0.2, 0) is 20.7 Å². The van der Waals surface area contributed by atoms with Gasteiger partial charge in [-0.25, -0.2) is 4.79 Å². The van der Waals surface area contributed by atoms with Crippen LogP contribution in [-0.4, -0.2) is 35.0 Å². The number of cyclic esters (lactones) is 1. The van der Waals surface area contributed by atoms with Crippen LogP contribution in [0.1, 0.15) is 45.6 Å². The highest BCUT2D eigenvalue weighted by Crippen LogP contribution is 2.38. The third-order valence-electron chi connectivity index (χ3n) is 6.09. The Hall–Kier alpha value is -2.24. The van der Waals surface area contributed by atoms with Gasteiger partial charge in [-0.05, 0) is 61.1 Å². The molecule has 0 aliphatic carbocycles. The molecule has 7 heteroatoms. The minimum absolute atomic E-state index is 0.0336. The van der Waals surface area contributed by atoms with E-state index in [1.165, 1.54) is 0 Å². The Bertz CT molecular complexity index is 936. The third kappa shape index (κ3) is 5.38. The number of carbonyl (C=O) groups excluding carboxylic acids is 2. The quantitative estimate of drug-likeness (QED) is 0.382. The number of benzene rings is 2. The topological polar surface area (TPSA) is 66.8 Å². The van der Waals surface area contributed by atoms with Crippen molar-refractivity contribution >= 4 is 40.6 Å². The molecule has 0 amide bonds. The van der Waals surface area contributed by atoms with Crippen LogP contribution < -0.4 is 4.90 Å². The maximum Gasteiger partial charge on any atom is 0.337 e. The van der Waals surface area contributed by atoms with Gasteiger partial charge in [-0.2, -0.15) is 0 Å². The molecule has 1 N–H and O–H groups in total. The number of hydrogen-bond donors (Lipinski definition) is 1. The molecule has 3 rings (SSSR count). The van der Waals surface area contributed by atoms with Gasteiger partial charge < -0.3 is 14.7 Å². The summed E-state index contributed by atoms with van der Waals surface area (Å²) in [5.41, 5.74) is 0.766. The number of nitrogens with zero attached hydrogens (tertiary/aromatic N) is 1. The molecule has 0 bridgehead atoms. The van der Waals surface area contributed by atoms with Crippen molar-refractivity contribution in [2.75, 3.05) is 11.4 Å². The van der Waals surface area contributed by atoms with Gasteiger partial charge >= 0.3 is 5.97 Å². The van der Waals surface area contributed by atoms with Crippen molar-refractivity contribution in [3.63, 3.8) is 0 Å². The van der Waals surface area contributed by atoms with Gasteiger partial charge in [0.05, 0.1) is 0 Å². The van der Waals surface area contributed by atoms with E-state index in [1.54, 1.807) is 35.2 Å². The van der Waals surface area contributed by atoms with Crippen LogP contribution in [0.25, 0.3) is 0 Å². The Morgan fingerprint density at radius 3 is 2.28 bits per heavy atom. The molecule has 1 aliphatic rings. The highest BCUT2D eigenvalue weighted by atomic mass is 35.5. The molecule has 1 saturated heterocycles. The second kappa shape index (κ2) is 10.1. The molecule has 172 valence electrons. The number of carbonyl (C=O) groups is 2. The van der Waals surface area contributed by atoms with Crippen molar-refractivity contribution in [1.29, 1.82) is 0 Å². The molecule has 0 spiro atoms. The largest absolute Gasteiger partial charge is 0.508 e. The summed E-state index contributed by atoms with van der Waals surface area (Å²) in [5.74, 6) is -0.532. The number of hydrogen-bond acceptors (Lipinski definition) is 5. The number of phenols is 1. The second-order valence-corrected chi connectivity index (χ2v) is 9.55. The molecule has 1 aliphatic heterocycles. The predicted octanol–water partition coefficient (Wildman–Crippen LogP) is 5.83. The van der Waals surface area contributed by atoms with E-state index in [9.17, 15) is 14.7 Å². The van der Waals surface area contributed by atoms with Crippen LogP contribution >= 0.6 is 23.2 Å². The lowest BCUT2D eigenvalue weighted by Gasteiger charge is -2.44. The average molecular weight is 478 g/mol. The van der Waals surface area contributed by atoms with E-state index in [4.69, 9.17) is 27.9 Å². The maximum atomic E-state index is 13.4. The van der Waals surface area contributed by atoms with Crippen molar-refractivity contribution in [3.05, 3.63) is 58.1 Å². The highest BCUT2D eigenvalue weighted by molar-refractivity contribution is 6.35. The Morgan fingerprint density at radius 2 is 1.75 bits per heavy atom. The summed E-state index contributed by atoms with van der Waals surface area (Å²) in [4.78, 5) is 28.4. The van der Waals surface area contributed by atoms with E-state index in [0.29, 0.717) is 35.1 Å². The lowest BCUT2D eigenvalue weighted by molar-refractivity contribution is -0.179. The smallest absolute Gasteiger partial charge is 0.337 e. The van der Waals surface area contributed by atoms with Gasteiger partial charge in [-0.3, -0.25) is 4.79 Å². The third-order valence-corrected chi connectivity index (χ3v) is 6.52. The molecular weight excluding hydrogens is 449 g/mol. The molecule has 2 aromatic carbocycles. The normalized spacial score (nSPS) is 21.0. The van der Waals surface area contributed by atoms with E-state index >= 15 is 0 Å². The molecule has 2 atom stereocenters. The van der Waals surface area contributed by atoms with Gasteiger partial charge in [0.25, 0.3) is 0 Å². The van der Waals surface area contributed by atoms with E-state index < -0.39 is 17.6 Å². The number of phenolic OH excluding ortho intramolecular Hbond substituents is 1. The fraction of sp³-hybridized carbons (Fsp3) is 0.440. The first-order valence-electron chi connectivity index (χ1n) is 10.9. The number of aromatic hydroxyl groups is 1. The standard InChI is InChI=1S/C25H29Cl2NO4/c1-4-11-28(20-13-18(26)12-19(27)14-20)23-22(30)15-25(16(2)3,32-24(23)31)10-9-17-5-7-21(29)8-6-17/h5-8,12-14,16,23,29H,4,9-11,15H2,1-3H3. The predicted molar refractivity (Wildman–Crippen MR) is 128 cm³/mol. The molecule has 1 fully saturated rings. The monoisotopic (exact) mass is 477 g/mol. The summed E-state index contributed by atoms with van der Waals surface area (Å²) in [5, 5.41) is 10.4. The molecule has 32 heavy (non-hydrogen) atoms. The second-order valence-electron chi connectivity index (χ2n) is 8.67. The number of ether oxygens (including phenoxy) is 1. The molecular formula is C25H29Cl2NO4. The molecule has 2 aromatic rings. The van der Waals surface area contributed by atoms with Crippen molar-refractivity contribution < 1.29 is 19.4 Å². The van der Waals surface area contributed by atoms with Crippen molar-refractivity contribution in [2.45, 2.75) is 58.1 Å². The van der Waals surface area contributed by atoms with Crippen molar-refractivity contribution in [3.8, 4) is 5.75 Å². The number of halogens is 2. The van der Waals surface area contributed by atoms with E-state index in [0.717, 1.165) is 12.0 Å².